The SMILES string of the molecule is C=CNC(CC(=N\CCC)/C(CSC)=C(\c1ccc(Cl)cc1)c1ccccc1N)c1ccc(C)cc1. The molecule has 1 atom stereocenters. The first-order valence-electron chi connectivity index (χ1n) is 12.3. The topological polar surface area (TPSA) is 50.4 Å². The van der Waals surface area contributed by atoms with Crippen molar-refractivity contribution in [2.75, 3.05) is 24.3 Å². The summed E-state index contributed by atoms with van der Waals surface area (Å²) in [4.78, 5) is 5.15. The molecule has 0 aliphatic rings. The summed E-state index contributed by atoms with van der Waals surface area (Å²) in [5.74, 6) is 0.809. The van der Waals surface area contributed by atoms with Gasteiger partial charge in [0.2, 0.25) is 0 Å². The van der Waals surface area contributed by atoms with Crippen molar-refractivity contribution in [1.29, 1.82) is 0 Å². The van der Waals surface area contributed by atoms with Gasteiger partial charge in [0.15, 0.2) is 0 Å². The number of nitrogens with two attached hydrogens (primary N) is 1. The van der Waals surface area contributed by atoms with Gasteiger partial charge in [-0.25, -0.2) is 0 Å². The highest BCUT2D eigenvalue weighted by molar-refractivity contribution is 7.98. The first kappa shape index (κ1) is 27.6. The molecule has 3 aromatic rings. The fourth-order valence-electron chi connectivity index (χ4n) is 4.21. The van der Waals surface area contributed by atoms with Gasteiger partial charge in [0, 0.05) is 40.7 Å². The first-order valence-corrected chi connectivity index (χ1v) is 14.1. The second kappa shape index (κ2) is 14.0. The van der Waals surface area contributed by atoms with Gasteiger partial charge in [-0.3, -0.25) is 4.99 Å². The highest BCUT2D eigenvalue weighted by atomic mass is 35.5. The van der Waals surface area contributed by atoms with Crippen LogP contribution in [0.25, 0.3) is 5.57 Å². The molecule has 3 rings (SSSR count). The molecule has 3 aromatic carbocycles. The normalized spacial score (nSPS) is 13.2. The molecule has 0 amide bonds. The number of nitrogens with zero attached hydrogens (tertiary/aromatic N) is 1. The van der Waals surface area contributed by atoms with Gasteiger partial charge in [-0.15, -0.1) is 0 Å². The zero-order valence-corrected chi connectivity index (χ0v) is 23.0. The van der Waals surface area contributed by atoms with Crippen molar-refractivity contribution < 1.29 is 0 Å². The van der Waals surface area contributed by atoms with Crippen molar-refractivity contribution in [3.8, 4) is 0 Å². The lowest BCUT2D eigenvalue weighted by Crippen LogP contribution is -2.22. The minimum Gasteiger partial charge on any atom is -0.398 e. The maximum Gasteiger partial charge on any atom is 0.0563 e. The molecule has 0 heterocycles. The van der Waals surface area contributed by atoms with Crippen LogP contribution in [0.15, 0.2) is 96.1 Å². The molecule has 0 aromatic heterocycles. The third-order valence-electron chi connectivity index (χ3n) is 6.02. The number of aryl methyl sites for hydroxylation is 1. The predicted octanol–water partition coefficient (Wildman–Crippen LogP) is 8.11. The maximum absolute atomic E-state index is 6.54. The number of nitrogens with one attached hydrogen (secondary N) is 1. The van der Waals surface area contributed by atoms with Crippen molar-refractivity contribution in [3.63, 3.8) is 0 Å². The van der Waals surface area contributed by atoms with Gasteiger partial charge < -0.3 is 11.1 Å². The second-order valence-electron chi connectivity index (χ2n) is 8.75. The van der Waals surface area contributed by atoms with Gasteiger partial charge in [-0.2, -0.15) is 11.8 Å². The maximum atomic E-state index is 6.54. The Morgan fingerprint density at radius 1 is 1.08 bits per heavy atom. The number of nitrogen functional groups attached to an aromatic ring is 1. The van der Waals surface area contributed by atoms with Crippen molar-refractivity contribution in [3.05, 3.63) is 118 Å². The van der Waals surface area contributed by atoms with E-state index in [1.165, 1.54) is 16.7 Å². The second-order valence-corrected chi connectivity index (χ2v) is 10.0. The molecule has 0 radical (unpaired) electrons. The van der Waals surface area contributed by atoms with Crippen LogP contribution in [0.2, 0.25) is 5.02 Å². The predicted molar refractivity (Wildman–Crippen MR) is 161 cm³/mol. The van der Waals surface area contributed by atoms with E-state index in [0.29, 0.717) is 5.02 Å². The van der Waals surface area contributed by atoms with E-state index in [2.05, 4.69) is 74.5 Å². The lowest BCUT2D eigenvalue weighted by atomic mass is 9.88. The van der Waals surface area contributed by atoms with Crippen molar-refractivity contribution in [2.24, 2.45) is 4.99 Å². The zero-order chi connectivity index (χ0) is 25.9. The summed E-state index contributed by atoms with van der Waals surface area (Å²) in [6, 6.07) is 24.8. The lowest BCUT2D eigenvalue weighted by Gasteiger charge is -2.24. The highest BCUT2D eigenvalue weighted by Gasteiger charge is 2.22. The van der Waals surface area contributed by atoms with Crippen molar-refractivity contribution in [2.45, 2.75) is 32.7 Å². The van der Waals surface area contributed by atoms with Crippen LogP contribution in [0.3, 0.4) is 0 Å². The molecule has 0 aliphatic heterocycles. The molecule has 3 nitrogen and oxygen atoms in total. The number of para-hydroxylation sites is 1. The molecule has 36 heavy (non-hydrogen) atoms. The Hall–Kier alpha value is -2.95. The van der Waals surface area contributed by atoms with E-state index in [0.717, 1.165) is 53.2 Å². The molecule has 0 spiro atoms. The minimum atomic E-state index is 0.0511. The molecule has 0 aliphatic carbocycles. The molecule has 0 saturated heterocycles. The number of aliphatic imine (C=N–C) groups is 1. The molecular formula is C31H36ClN3S. The summed E-state index contributed by atoms with van der Waals surface area (Å²) in [6.45, 7) is 8.98. The van der Waals surface area contributed by atoms with Gasteiger partial charge in [-0.1, -0.05) is 85.3 Å². The fraction of sp³-hybridized carbons (Fsp3) is 0.258. The van der Waals surface area contributed by atoms with Crippen LogP contribution in [0, 0.1) is 6.92 Å². The number of halogens is 1. The lowest BCUT2D eigenvalue weighted by molar-refractivity contribution is 0.646. The number of benzene rings is 3. The molecule has 0 saturated carbocycles. The van der Waals surface area contributed by atoms with E-state index in [1.54, 1.807) is 18.0 Å². The van der Waals surface area contributed by atoms with E-state index >= 15 is 0 Å². The Morgan fingerprint density at radius 3 is 2.39 bits per heavy atom. The summed E-state index contributed by atoms with van der Waals surface area (Å²) >= 11 is 8.05. The van der Waals surface area contributed by atoms with Crippen LogP contribution in [-0.4, -0.2) is 24.3 Å². The Balaban J connectivity index is 2.24. The van der Waals surface area contributed by atoms with Crippen LogP contribution in [0.5, 0.6) is 0 Å². The zero-order valence-electron chi connectivity index (χ0n) is 21.4. The van der Waals surface area contributed by atoms with Crippen LogP contribution in [0.1, 0.15) is 48.1 Å². The van der Waals surface area contributed by atoms with Gasteiger partial charge in [0.1, 0.15) is 0 Å². The Bertz CT molecular complexity index is 1200. The summed E-state index contributed by atoms with van der Waals surface area (Å²) in [7, 11) is 0. The third-order valence-corrected chi connectivity index (χ3v) is 6.85. The third kappa shape index (κ3) is 7.28. The molecule has 3 N–H and O–H groups in total. The Morgan fingerprint density at radius 2 is 1.78 bits per heavy atom. The number of rotatable bonds is 12. The van der Waals surface area contributed by atoms with Gasteiger partial charge in [0.05, 0.1) is 6.04 Å². The number of anilines is 1. The van der Waals surface area contributed by atoms with Gasteiger partial charge in [0.25, 0.3) is 0 Å². The molecule has 1 unspecified atom stereocenters. The molecule has 0 bridgehead atoms. The number of hydrogen-bond acceptors (Lipinski definition) is 4. The summed E-state index contributed by atoms with van der Waals surface area (Å²) < 4.78 is 0. The molecule has 5 heteroatoms. The summed E-state index contributed by atoms with van der Waals surface area (Å²) in [5.41, 5.74) is 15.2. The van der Waals surface area contributed by atoms with E-state index in [-0.39, 0.29) is 6.04 Å². The Kier molecular flexibility index (Phi) is 10.7. The fourth-order valence-corrected chi connectivity index (χ4v) is 4.94. The monoisotopic (exact) mass is 517 g/mol. The van der Waals surface area contributed by atoms with E-state index in [1.807, 2.05) is 30.3 Å². The number of thioether (sulfide) groups is 1. The first-order chi connectivity index (χ1) is 17.5. The average Bonchev–Trinajstić information content (AvgIpc) is 2.88. The van der Waals surface area contributed by atoms with Crippen LogP contribution in [-0.2, 0) is 0 Å². The van der Waals surface area contributed by atoms with E-state index in [4.69, 9.17) is 22.3 Å². The van der Waals surface area contributed by atoms with Crippen LogP contribution < -0.4 is 11.1 Å². The van der Waals surface area contributed by atoms with E-state index in [9.17, 15) is 0 Å². The van der Waals surface area contributed by atoms with Crippen LogP contribution in [0.4, 0.5) is 5.69 Å². The highest BCUT2D eigenvalue weighted by Crippen LogP contribution is 2.35. The summed E-state index contributed by atoms with van der Waals surface area (Å²) in [6.07, 6.45) is 5.61. The largest absolute Gasteiger partial charge is 0.398 e. The minimum absolute atomic E-state index is 0.0511. The molecule has 188 valence electrons. The van der Waals surface area contributed by atoms with Gasteiger partial charge >= 0.3 is 0 Å². The quantitative estimate of drug-likeness (QED) is 0.188. The molecule has 0 fully saturated rings. The number of hydrogen-bond donors (Lipinski definition) is 2. The standard InChI is InChI=1S/C31H36ClN3S/c1-5-19-35-30(20-29(34-6-2)23-13-11-22(3)12-14-23)27(21-36-4)31(24-15-17-25(32)18-16-24)26-9-7-8-10-28(26)33/h6-18,29,34H,2,5,19-21,33H2,1,3-4H3/b31-27+,35-30+. The van der Waals surface area contributed by atoms with Crippen molar-refractivity contribution in [1.82, 2.24) is 5.32 Å². The van der Waals surface area contributed by atoms with Crippen molar-refractivity contribution >= 4 is 40.3 Å². The molecular weight excluding hydrogens is 482 g/mol. The van der Waals surface area contributed by atoms with E-state index < -0.39 is 0 Å². The van der Waals surface area contributed by atoms with Gasteiger partial charge in [-0.05, 0) is 66.3 Å². The average molecular weight is 518 g/mol. The summed E-state index contributed by atoms with van der Waals surface area (Å²) in [5, 5.41) is 4.18. The Labute approximate surface area is 225 Å². The smallest absolute Gasteiger partial charge is 0.0563 e. The van der Waals surface area contributed by atoms with Crippen LogP contribution >= 0.6 is 23.4 Å².